The van der Waals surface area contributed by atoms with Crippen molar-refractivity contribution in [3.05, 3.63) is 0 Å². The molecular weight excluding hydrogens is 159 g/mol. The maximum atomic E-state index is 7.00. The first kappa shape index (κ1) is 29.9. The van der Waals surface area contributed by atoms with Gasteiger partial charge in [-0.25, -0.2) is 0 Å². The average Bonchev–Trinajstić information content (AvgIpc) is 1.50. The Morgan fingerprint density at radius 2 is 1.17 bits per heavy atom. The van der Waals surface area contributed by atoms with Crippen LogP contribution in [0.2, 0.25) is 0 Å². The van der Waals surface area contributed by atoms with E-state index in [0.29, 0.717) is 0 Å². The second-order valence-electron chi connectivity index (χ2n) is 0. The molecule has 3 nitrogen and oxygen atoms in total. The van der Waals surface area contributed by atoms with Crippen LogP contribution in [0.4, 0.5) is 0 Å². The minimum atomic E-state index is 0. The summed E-state index contributed by atoms with van der Waals surface area (Å²) in [6, 6.07) is 0. The summed E-state index contributed by atoms with van der Waals surface area (Å²) in [7, 11) is 5.20. The van der Waals surface area contributed by atoms with E-state index >= 15 is 0 Å². The van der Waals surface area contributed by atoms with Crippen LogP contribution in [0, 0.1) is 0 Å². The molecule has 0 unspecified atom stereocenters. The Bertz CT molecular complexity index is 10.8. The molecule has 5 N–H and O–H groups in total. The standard InChI is InChI=1S/CH4O.ClH.Cu.2H2O/c1-2;;;;/h2H,1H3;1H;;2*1H2/q;;+1;;/p-1. The minimum absolute atomic E-state index is 0. The van der Waals surface area contributed by atoms with Gasteiger partial charge in [0.25, 0.3) is 0 Å². The van der Waals surface area contributed by atoms with Gasteiger partial charge in [-0.15, -0.1) is 0 Å². The van der Waals surface area contributed by atoms with Crippen molar-refractivity contribution in [2.45, 2.75) is 0 Å². The summed E-state index contributed by atoms with van der Waals surface area (Å²) in [5.74, 6) is 0. The van der Waals surface area contributed by atoms with E-state index in [1.807, 2.05) is 0 Å². The van der Waals surface area contributed by atoms with E-state index in [2.05, 4.69) is 25.2 Å². The van der Waals surface area contributed by atoms with Crippen LogP contribution >= 0.6 is 10.1 Å². The Labute approximate surface area is 49.0 Å². The Morgan fingerprint density at radius 1 is 1.17 bits per heavy atom. The summed E-state index contributed by atoms with van der Waals surface area (Å²) in [5, 5.41) is 7.00. The first-order chi connectivity index (χ1) is 2.00. The van der Waals surface area contributed by atoms with Gasteiger partial charge in [0.05, 0.1) is 0 Å². The summed E-state index contributed by atoms with van der Waals surface area (Å²) in [5.41, 5.74) is 0. The van der Waals surface area contributed by atoms with Gasteiger partial charge in [-0.3, -0.25) is 0 Å². The molecule has 0 radical (unpaired) electrons. The predicted molar refractivity (Wildman–Crippen MR) is 21.2 cm³/mol. The van der Waals surface area contributed by atoms with Crippen LogP contribution in [-0.4, -0.2) is 23.2 Å². The fourth-order valence-corrected chi connectivity index (χ4v) is 0. The Balaban J connectivity index is -0.00000000500. The summed E-state index contributed by atoms with van der Waals surface area (Å²) in [6.45, 7) is 0. The second kappa shape index (κ2) is 263. The Hall–Kier alpha value is 0.689. The summed E-state index contributed by atoms with van der Waals surface area (Å²) in [6.07, 6.45) is 0. The van der Waals surface area contributed by atoms with Gasteiger partial charge < -0.3 is 16.1 Å². The van der Waals surface area contributed by atoms with E-state index in [1.54, 1.807) is 0 Å². The van der Waals surface area contributed by atoms with E-state index < -0.39 is 0 Å². The zero-order chi connectivity index (χ0) is 4.00. The van der Waals surface area contributed by atoms with Gasteiger partial charge in [0, 0.05) is 7.11 Å². The molecule has 0 heterocycles. The van der Waals surface area contributed by atoms with Crippen molar-refractivity contribution in [3.63, 3.8) is 0 Å². The van der Waals surface area contributed by atoms with E-state index in [9.17, 15) is 0 Å². The van der Waals surface area contributed by atoms with E-state index in [1.165, 1.54) is 0 Å². The number of halogens is 1. The van der Waals surface area contributed by atoms with Gasteiger partial charge in [-0.05, 0) is 0 Å². The summed E-state index contributed by atoms with van der Waals surface area (Å²) >= 11 is 3.66. The van der Waals surface area contributed by atoms with Crippen LogP contribution in [0.5, 0.6) is 0 Å². The molecule has 0 spiro atoms. The molecule has 0 aromatic rings. The van der Waals surface area contributed by atoms with Gasteiger partial charge in [0.1, 0.15) is 0 Å². The van der Waals surface area contributed by atoms with Crippen LogP contribution in [0.3, 0.4) is 0 Å². The topological polar surface area (TPSA) is 83.2 Å². The molecule has 5 heteroatoms. The quantitative estimate of drug-likeness (QED) is 0.444. The molecule has 0 amide bonds. The van der Waals surface area contributed by atoms with E-state index in [-0.39, 0.29) is 11.0 Å². The molecule has 0 rings (SSSR count). The van der Waals surface area contributed by atoms with E-state index in [0.717, 1.165) is 7.11 Å². The van der Waals surface area contributed by atoms with Gasteiger partial charge in [0.15, 0.2) is 0 Å². The molecule has 0 aromatic heterocycles. The van der Waals surface area contributed by atoms with Crippen molar-refractivity contribution < 1.29 is 31.2 Å². The molecule has 0 bridgehead atoms. The molecule has 0 fully saturated rings. The van der Waals surface area contributed by atoms with Crippen molar-refractivity contribution in [1.29, 1.82) is 0 Å². The molecule has 48 valence electrons. The predicted octanol–water partition coefficient (Wildman–Crippen LogP) is -1.35. The van der Waals surface area contributed by atoms with Crippen LogP contribution in [0.1, 0.15) is 0 Å². The third-order valence-electron chi connectivity index (χ3n) is 0. The second-order valence-corrected chi connectivity index (χ2v) is 0. The molecule has 0 saturated carbocycles. The zero-order valence-corrected chi connectivity index (χ0v) is 4.82. The van der Waals surface area contributed by atoms with Gasteiger partial charge in [0.2, 0.25) is 0 Å². The van der Waals surface area contributed by atoms with Gasteiger partial charge in [-0.2, -0.15) is 0 Å². The van der Waals surface area contributed by atoms with Crippen molar-refractivity contribution >= 4 is 10.1 Å². The van der Waals surface area contributed by atoms with Gasteiger partial charge >= 0.3 is 25.2 Å². The average molecular weight is 167 g/mol. The van der Waals surface area contributed by atoms with Crippen LogP contribution < -0.4 is 0 Å². The molecular formula is CH8ClCuO3. The first-order valence-electron chi connectivity index (χ1n) is 0.561. The zero-order valence-electron chi connectivity index (χ0n) is 3.13. The Morgan fingerprint density at radius 3 is 1.17 bits per heavy atom. The number of aliphatic hydroxyl groups is 1. The number of hydrogen-bond donors (Lipinski definition) is 1. The number of rotatable bonds is 0. The molecule has 0 aliphatic heterocycles. The fraction of sp³-hybridized carbons (Fsp3) is 1.00. The SMILES string of the molecule is CO.O.O.[Cl][Cu]. The van der Waals surface area contributed by atoms with Gasteiger partial charge in [-0.1, -0.05) is 0 Å². The monoisotopic (exact) mass is 166 g/mol. The Kier molecular flexibility index (Phi) is 1310. The van der Waals surface area contributed by atoms with Crippen LogP contribution in [-0.2, 0) is 15.1 Å². The summed E-state index contributed by atoms with van der Waals surface area (Å²) < 4.78 is 0. The maximum absolute atomic E-state index is 7.00. The summed E-state index contributed by atoms with van der Waals surface area (Å²) in [4.78, 5) is 0. The first-order valence-corrected chi connectivity index (χ1v) is 1.86. The number of aliphatic hydroxyl groups excluding tert-OH is 1. The third kappa shape index (κ3) is 134. The van der Waals surface area contributed by atoms with Crippen LogP contribution in [0.15, 0.2) is 0 Å². The molecule has 0 aromatic carbocycles. The van der Waals surface area contributed by atoms with E-state index in [4.69, 9.17) is 5.11 Å². The van der Waals surface area contributed by atoms with Crippen molar-refractivity contribution in [2.24, 2.45) is 0 Å². The fourth-order valence-electron chi connectivity index (χ4n) is 0. The normalized spacial score (nSPS) is 2.17. The third-order valence-corrected chi connectivity index (χ3v) is 0. The van der Waals surface area contributed by atoms with Crippen molar-refractivity contribution in [2.75, 3.05) is 7.11 Å². The number of hydrogen-bond acceptors (Lipinski definition) is 1. The van der Waals surface area contributed by atoms with Crippen LogP contribution in [0.25, 0.3) is 0 Å². The molecule has 0 aliphatic carbocycles. The molecule has 6 heavy (non-hydrogen) atoms. The molecule has 0 aliphatic rings. The van der Waals surface area contributed by atoms with Crippen molar-refractivity contribution in [3.8, 4) is 0 Å². The molecule has 0 atom stereocenters. The van der Waals surface area contributed by atoms with Crippen molar-refractivity contribution in [1.82, 2.24) is 0 Å². The molecule has 0 saturated heterocycles.